The Hall–Kier alpha value is -1.21. The van der Waals surface area contributed by atoms with Crippen molar-refractivity contribution in [3.8, 4) is 0 Å². The van der Waals surface area contributed by atoms with Crippen molar-refractivity contribution >= 4 is 14.3 Å². The van der Waals surface area contributed by atoms with Crippen LogP contribution in [-0.4, -0.2) is 44.3 Å². The lowest BCUT2D eigenvalue weighted by Crippen LogP contribution is -2.46. The summed E-state index contributed by atoms with van der Waals surface area (Å²) in [7, 11) is -0.455. The minimum absolute atomic E-state index is 0.185. The Morgan fingerprint density at radius 3 is 2.20 bits per heavy atom. The predicted molar refractivity (Wildman–Crippen MR) is 102 cm³/mol. The van der Waals surface area contributed by atoms with Gasteiger partial charge >= 0.3 is 5.97 Å². The van der Waals surface area contributed by atoms with Crippen LogP contribution in [0.2, 0.25) is 18.1 Å². The number of nitrogens with zero attached hydrogens (tertiary/aromatic N) is 1. The molecular formula is C19H33NO4Si. The Kier molecular flexibility index (Phi) is 9.35. The van der Waals surface area contributed by atoms with E-state index >= 15 is 0 Å². The summed E-state index contributed by atoms with van der Waals surface area (Å²) in [6, 6.07) is 12.7. The molecule has 0 fully saturated rings. The Morgan fingerprint density at radius 2 is 1.72 bits per heavy atom. The van der Waals surface area contributed by atoms with Crippen LogP contribution in [0.5, 0.6) is 0 Å². The van der Waals surface area contributed by atoms with Crippen LogP contribution >= 0.6 is 0 Å². The van der Waals surface area contributed by atoms with Crippen molar-refractivity contribution in [2.75, 3.05) is 13.7 Å². The molecule has 25 heavy (non-hydrogen) atoms. The van der Waals surface area contributed by atoms with Crippen LogP contribution in [-0.2, 0) is 20.5 Å². The summed E-state index contributed by atoms with van der Waals surface area (Å²) in [5, 5.41) is 11.5. The first-order valence-corrected chi connectivity index (χ1v) is 11.7. The average molecular weight is 368 g/mol. The molecule has 1 aromatic carbocycles. The van der Waals surface area contributed by atoms with Crippen LogP contribution in [0.25, 0.3) is 0 Å². The van der Waals surface area contributed by atoms with E-state index in [1.165, 1.54) is 12.2 Å². The molecule has 142 valence electrons. The second kappa shape index (κ2) is 10.7. The van der Waals surface area contributed by atoms with E-state index < -0.39 is 14.2 Å². The first-order valence-electron chi connectivity index (χ1n) is 9.14. The quantitative estimate of drug-likeness (QED) is 0.363. The lowest BCUT2D eigenvalue weighted by molar-refractivity contribution is -0.160. The molecule has 0 heterocycles. The van der Waals surface area contributed by atoms with Gasteiger partial charge in [-0.1, -0.05) is 51.1 Å². The van der Waals surface area contributed by atoms with Gasteiger partial charge in [-0.05, 0) is 30.6 Å². The van der Waals surface area contributed by atoms with E-state index in [4.69, 9.17) is 9.16 Å². The van der Waals surface area contributed by atoms with Crippen molar-refractivity contribution in [1.82, 2.24) is 5.06 Å². The molecule has 0 bridgehead atoms. The lowest BCUT2D eigenvalue weighted by Gasteiger charge is -2.35. The van der Waals surface area contributed by atoms with Crippen molar-refractivity contribution in [2.45, 2.75) is 58.5 Å². The molecule has 1 N–H and O–H groups in total. The lowest BCUT2D eigenvalue weighted by atomic mass is 10.0. The summed E-state index contributed by atoms with van der Waals surface area (Å²) >= 11 is 0. The van der Waals surface area contributed by atoms with E-state index in [0.717, 1.165) is 23.7 Å². The number of benzene rings is 1. The van der Waals surface area contributed by atoms with Crippen molar-refractivity contribution in [3.05, 3.63) is 35.9 Å². The zero-order chi connectivity index (χ0) is 18.9. The Balaban J connectivity index is 2.80. The fraction of sp³-hybridized carbons (Fsp3) is 0.632. The van der Waals surface area contributed by atoms with Gasteiger partial charge in [0.15, 0.2) is 8.32 Å². The molecule has 0 radical (unpaired) electrons. The smallest absolute Gasteiger partial charge is 0.312 e. The van der Waals surface area contributed by atoms with Crippen LogP contribution in [0, 0.1) is 5.92 Å². The fourth-order valence-electron chi connectivity index (χ4n) is 3.13. The van der Waals surface area contributed by atoms with Gasteiger partial charge in [-0.25, -0.2) is 0 Å². The third-order valence-electron chi connectivity index (χ3n) is 5.05. The van der Waals surface area contributed by atoms with E-state index in [-0.39, 0.29) is 18.6 Å². The van der Waals surface area contributed by atoms with Gasteiger partial charge in [-0.3, -0.25) is 4.79 Å². The molecule has 0 aliphatic heterocycles. The van der Waals surface area contributed by atoms with E-state index in [1.54, 1.807) is 0 Å². The molecule has 0 amide bonds. The molecule has 0 spiro atoms. The summed E-state index contributed by atoms with van der Waals surface area (Å²) in [6.07, 6.45) is -0.288. The van der Waals surface area contributed by atoms with Crippen LogP contribution in [0.3, 0.4) is 0 Å². The molecule has 0 aromatic heterocycles. The highest BCUT2D eigenvalue weighted by molar-refractivity contribution is 6.73. The number of carbonyl (C=O) groups is 1. The topological polar surface area (TPSA) is 59.0 Å². The fourth-order valence-corrected chi connectivity index (χ4v) is 6.08. The maximum absolute atomic E-state index is 12.3. The first kappa shape index (κ1) is 21.8. The summed E-state index contributed by atoms with van der Waals surface area (Å²) < 4.78 is 11.4. The third-order valence-corrected chi connectivity index (χ3v) is 9.79. The maximum Gasteiger partial charge on any atom is 0.312 e. The Labute approximate surface area is 153 Å². The number of rotatable bonds is 11. The zero-order valence-electron chi connectivity index (χ0n) is 16.2. The zero-order valence-corrected chi connectivity index (χ0v) is 17.2. The monoisotopic (exact) mass is 367 g/mol. The molecule has 0 aliphatic carbocycles. The predicted octanol–water partition coefficient (Wildman–Crippen LogP) is 4.08. The van der Waals surface area contributed by atoms with Gasteiger partial charge in [0, 0.05) is 13.1 Å². The summed E-state index contributed by atoms with van der Waals surface area (Å²) in [4.78, 5) is 12.3. The summed E-state index contributed by atoms with van der Waals surface area (Å²) in [6.45, 7) is 8.94. The molecule has 1 rings (SSSR count). The van der Waals surface area contributed by atoms with Gasteiger partial charge in [0.2, 0.25) is 0 Å². The first-order chi connectivity index (χ1) is 11.9. The van der Waals surface area contributed by atoms with Crippen LogP contribution < -0.4 is 0 Å². The number of hydrogen-bond acceptors (Lipinski definition) is 5. The highest BCUT2D eigenvalue weighted by Gasteiger charge is 2.36. The largest absolute Gasteiger partial charge is 0.469 e. The minimum Gasteiger partial charge on any atom is -0.469 e. The maximum atomic E-state index is 12.3. The normalized spacial score (nSPS) is 14.4. The number of ether oxygens (including phenoxy) is 1. The van der Waals surface area contributed by atoms with Crippen LogP contribution in [0.4, 0.5) is 0 Å². The molecule has 6 heteroatoms. The molecular weight excluding hydrogens is 334 g/mol. The van der Waals surface area contributed by atoms with Crippen LogP contribution in [0.1, 0.15) is 33.3 Å². The highest BCUT2D eigenvalue weighted by atomic mass is 28.4. The standard InChI is InChI=1S/C19H33NO4Si/c1-6-25(7-2,8-3)24-16(4)18(19(21)23-5)15-20(22)14-17-12-10-9-11-13-17/h9-13,16,18,22H,6-8,14-15H2,1-5H3/t16-,18+/m1/s1. The number of methoxy groups -OCH3 is 1. The molecule has 0 aliphatic rings. The van der Waals surface area contributed by atoms with Gasteiger partial charge in [0.1, 0.15) is 0 Å². The Morgan fingerprint density at radius 1 is 1.16 bits per heavy atom. The minimum atomic E-state index is -1.83. The van der Waals surface area contributed by atoms with E-state index in [2.05, 4.69) is 20.8 Å². The molecule has 0 unspecified atom stereocenters. The van der Waals surface area contributed by atoms with Gasteiger partial charge in [-0.2, -0.15) is 5.06 Å². The number of carbonyl (C=O) groups excluding carboxylic acids is 1. The summed E-state index contributed by atoms with van der Waals surface area (Å²) in [5.41, 5.74) is 0.988. The number of hydroxylamine groups is 2. The second-order valence-corrected chi connectivity index (χ2v) is 11.3. The third kappa shape index (κ3) is 6.54. The molecule has 5 nitrogen and oxygen atoms in total. The SMILES string of the molecule is CC[Si](CC)(CC)O[C@H](C)[C@H](CN(O)Cc1ccccc1)C(=O)OC. The number of esters is 1. The van der Waals surface area contributed by atoms with Crippen molar-refractivity contribution in [1.29, 1.82) is 0 Å². The highest BCUT2D eigenvalue weighted by Crippen LogP contribution is 2.26. The van der Waals surface area contributed by atoms with Crippen molar-refractivity contribution < 1.29 is 19.2 Å². The van der Waals surface area contributed by atoms with Gasteiger partial charge in [-0.15, -0.1) is 0 Å². The van der Waals surface area contributed by atoms with Crippen molar-refractivity contribution in [2.24, 2.45) is 5.92 Å². The molecule has 1 aromatic rings. The van der Waals surface area contributed by atoms with Crippen molar-refractivity contribution in [3.63, 3.8) is 0 Å². The molecule has 0 saturated carbocycles. The number of hydrogen-bond donors (Lipinski definition) is 1. The van der Waals surface area contributed by atoms with E-state index in [0.29, 0.717) is 6.54 Å². The summed E-state index contributed by atoms with van der Waals surface area (Å²) in [5.74, 6) is -0.860. The van der Waals surface area contributed by atoms with Gasteiger partial charge in [0.25, 0.3) is 0 Å². The Bertz CT molecular complexity index is 499. The average Bonchev–Trinajstić information content (AvgIpc) is 2.64. The molecule has 0 saturated heterocycles. The molecule has 2 atom stereocenters. The van der Waals surface area contributed by atoms with E-state index in [9.17, 15) is 10.0 Å². The van der Waals surface area contributed by atoms with Crippen LogP contribution in [0.15, 0.2) is 30.3 Å². The van der Waals surface area contributed by atoms with Gasteiger partial charge in [0.05, 0.1) is 19.1 Å². The van der Waals surface area contributed by atoms with Gasteiger partial charge < -0.3 is 14.4 Å². The second-order valence-electron chi connectivity index (χ2n) is 6.53. The van der Waals surface area contributed by atoms with E-state index in [1.807, 2.05) is 37.3 Å².